The molecule has 2 amide bonds. The van der Waals surface area contributed by atoms with Crippen LogP contribution < -0.4 is 29.5 Å². The summed E-state index contributed by atoms with van der Waals surface area (Å²) in [6.45, 7) is 4.85. The second-order valence-electron chi connectivity index (χ2n) is 6.61. The molecular formula is C23H31BLiN2O6. The summed E-state index contributed by atoms with van der Waals surface area (Å²) in [7, 11) is 1.31. The van der Waals surface area contributed by atoms with Gasteiger partial charge >= 0.3 is 24.8 Å². The number of esters is 1. The van der Waals surface area contributed by atoms with E-state index in [1.54, 1.807) is 48.5 Å². The first-order valence-corrected chi connectivity index (χ1v) is 9.86. The van der Waals surface area contributed by atoms with Crippen molar-refractivity contribution >= 4 is 37.6 Å². The predicted molar refractivity (Wildman–Crippen MR) is 126 cm³/mol. The Labute approximate surface area is 210 Å². The molecule has 33 heavy (non-hydrogen) atoms. The van der Waals surface area contributed by atoms with Crippen LogP contribution in [0.1, 0.15) is 44.0 Å². The van der Waals surface area contributed by atoms with Gasteiger partial charge in [0.1, 0.15) is 0 Å². The molecule has 1 fully saturated rings. The minimum Gasteiger partial charge on any atom is -1.00 e. The van der Waals surface area contributed by atoms with Gasteiger partial charge in [-0.25, -0.2) is 4.79 Å². The Morgan fingerprint density at radius 1 is 0.970 bits per heavy atom. The summed E-state index contributed by atoms with van der Waals surface area (Å²) in [6.07, 6.45) is 2.56. The second-order valence-corrected chi connectivity index (χ2v) is 6.61. The zero-order chi connectivity index (χ0) is 23.1. The number of hydrogen-bond acceptors (Lipinski definition) is 6. The van der Waals surface area contributed by atoms with E-state index in [0.717, 1.165) is 18.8 Å². The topological polar surface area (TPSA) is 114 Å². The predicted octanol–water partition coefficient (Wildman–Crippen LogP) is 0.101. The van der Waals surface area contributed by atoms with Crippen LogP contribution in [0, 0.1) is 0 Å². The van der Waals surface area contributed by atoms with Crippen LogP contribution in [0.4, 0.5) is 11.4 Å². The zero-order valence-electron chi connectivity index (χ0n) is 20.7. The molecular weight excluding hydrogens is 418 g/mol. The molecule has 2 aromatic rings. The van der Waals surface area contributed by atoms with Gasteiger partial charge in [-0.3, -0.25) is 9.59 Å². The van der Waals surface area contributed by atoms with Crippen molar-refractivity contribution in [2.24, 2.45) is 0 Å². The third-order valence-electron chi connectivity index (χ3n) is 3.86. The average Bonchev–Trinajstić information content (AvgIpc) is 3.33. The van der Waals surface area contributed by atoms with E-state index in [1.165, 1.54) is 33.8 Å². The molecule has 0 saturated carbocycles. The van der Waals surface area contributed by atoms with Crippen LogP contribution in [0.25, 0.3) is 0 Å². The summed E-state index contributed by atoms with van der Waals surface area (Å²) in [5, 5.41) is 14.0. The second kappa shape index (κ2) is 19.0. The van der Waals surface area contributed by atoms with Gasteiger partial charge in [0.15, 0.2) is 0 Å². The Kier molecular flexibility index (Phi) is 18.7. The number of rotatable bonds is 4. The molecule has 10 heteroatoms. The molecule has 1 aliphatic heterocycles. The van der Waals surface area contributed by atoms with E-state index >= 15 is 0 Å². The summed E-state index contributed by atoms with van der Waals surface area (Å²) in [4.78, 5) is 32.5. The first kappa shape index (κ1) is 32.6. The van der Waals surface area contributed by atoms with E-state index in [2.05, 4.69) is 15.4 Å². The molecule has 8 nitrogen and oxygen atoms in total. The fraction of sp³-hybridized carbons (Fsp3) is 0.348. The minimum atomic E-state index is -0.419. The van der Waals surface area contributed by atoms with Crippen LogP contribution in [-0.2, 0) is 25.7 Å². The minimum absolute atomic E-state index is 0. The number of hydrogen-bond donors (Lipinski definition) is 3. The Morgan fingerprint density at radius 2 is 1.48 bits per heavy atom. The van der Waals surface area contributed by atoms with Crippen molar-refractivity contribution < 1.29 is 49.3 Å². The fourth-order valence-corrected chi connectivity index (χ4v) is 2.51. The van der Waals surface area contributed by atoms with Gasteiger partial charge in [-0.15, -0.1) is 0 Å². The summed E-state index contributed by atoms with van der Waals surface area (Å²) in [5.74, 6) is -0.700. The number of amides is 2. The third kappa shape index (κ3) is 15.0. The number of carbonyl (C=O) groups excluding carboxylic acids is 3. The number of benzene rings is 2. The maximum atomic E-state index is 11.1. The normalized spacial score (nSPS) is 11.0. The smallest absolute Gasteiger partial charge is 1.00 e. The molecule has 2 aromatic carbocycles. The molecule has 0 aromatic heterocycles. The van der Waals surface area contributed by atoms with Gasteiger partial charge < -0.3 is 26.6 Å². The van der Waals surface area contributed by atoms with Gasteiger partial charge in [0.05, 0.1) is 19.3 Å². The Balaban J connectivity index is -0.000000440. The van der Waals surface area contributed by atoms with E-state index in [-0.39, 0.29) is 47.1 Å². The average molecular weight is 449 g/mol. The number of carbonyl (C=O) groups is 3. The largest absolute Gasteiger partial charge is 1.00 e. The van der Waals surface area contributed by atoms with Crippen LogP contribution in [0.3, 0.4) is 0 Å². The first-order valence-electron chi connectivity index (χ1n) is 9.86. The van der Waals surface area contributed by atoms with Gasteiger partial charge in [0.25, 0.3) is 0 Å². The van der Waals surface area contributed by atoms with Gasteiger partial charge in [0, 0.05) is 46.8 Å². The van der Waals surface area contributed by atoms with E-state index in [4.69, 9.17) is 9.84 Å². The third-order valence-corrected chi connectivity index (χ3v) is 3.86. The molecule has 0 unspecified atom stereocenters. The van der Waals surface area contributed by atoms with E-state index in [1.807, 2.05) is 0 Å². The van der Waals surface area contributed by atoms with Crippen molar-refractivity contribution in [1.29, 1.82) is 0 Å². The molecule has 0 aliphatic carbocycles. The SMILES string of the molecule is C1CCOC1.CC(=O)Nc1cccc(CO)c1.COC(=O)c1cccc(NC(C)=O)c1.[B].[H-].[Li+]. The molecule has 3 radical (unpaired) electrons. The molecule has 173 valence electrons. The Morgan fingerprint density at radius 3 is 1.91 bits per heavy atom. The maximum Gasteiger partial charge on any atom is 1.00 e. The number of aliphatic hydroxyl groups is 1. The van der Waals surface area contributed by atoms with Crippen molar-refractivity contribution in [3.05, 3.63) is 59.7 Å². The van der Waals surface area contributed by atoms with E-state index in [0.29, 0.717) is 16.9 Å². The molecule has 1 aliphatic rings. The zero-order valence-corrected chi connectivity index (χ0v) is 19.7. The van der Waals surface area contributed by atoms with Crippen LogP contribution in [-0.4, -0.2) is 51.6 Å². The van der Waals surface area contributed by atoms with E-state index in [9.17, 15) is 14.4 Å². The molecule has 1 heterocycles. The van der Waals surface area contributed by atoms with Gasteiger partial charge in [-0.05, 0) is 48.7 Å². The Bertz CT molecular complexity index is 861. The Hall–Kier alpha value is -2.57. The number of aliphatic hydroxyl groups excluding tert-OH is 1. The molecule has 1 saturated heterocycles. The summed E-state index contributed by atoms with van der Waals surface area (Å²) >= 11 is 0. The number of methoxy groups -OCH3 is 1. The fourth-order valence-electron chi connectivity index (χ4n) is 2.51. The number of ether oxygens (including phenoxy) is 2. The maximum absolute atomic E-state index is 11.1. The van der Waals surface area contributed by atoms with Crippen molar-refractivity contribution in [2.75, 3.05) is 31.0 Å². The molecule has 0 spiro atoms. The quantitative estimate of drug-likeness (QED) is 0.451. The van der Waals surface area contributed by atoms with Crippen LogP contribution >= 0.6 is 0 Å². The van der Waals surface area contributed by atoms with Gasteiger partial charge in [-0.1, -0.05) is 18.2 Å². The standard InChI is InChI=1S/C10H11NO3.C9H11NO2.C4H8O.B.Li.H/c1-7(12)11-9-5-3-4-8(6-9)10(13)14-2;1-7(12)10-9-4-2-3-8(5-9)6-11;1-2-4-5-3-1;;;/h3-6H,1-2H3,(H,11,12);2-5,11H,6H2,1H3,(H,10,12);1-4H2;;;/q;;;;+1;-1. The van der Waals surface area contributed by atoms with Crippen molar-refractivity contribution in [3.8, 4) is 0 Å². The van der Waals surface area contributed by atoms with Crippen LogP contribution in [0.15, 0.2) is 48.5 Å². The molecule has 3 N–H and O–H groups in total. The molecule has 3 rings (SSSR count). The van der Waals surface area contributed by atoms with E-state index < -0.39 is 5.97 Å². The van der Waals surface area contributed by atoms with Crippen molar-refractivity contribution in [1.82, 2.24) is 0 Å². The van der Waals surface area contributed by atoms with Gasteiger partial charge in [0.2, 0.25) is 11.8 Å². The molecule has 0 bridgehead atoms. The molecule has 0 atom stereocenters. The van der Waals surface area contributed by atoms with Crippen molar-refractivity contribution in [3.63, 3.8) is 0 Å². The number of nitrogens with one attached hydrogen (secondary N) is 2. The summed E-state index contributed by atoms with van der Waals surface area (Å²) < 4.78 is 9.49. The number of anilines is 2. The van der Waals surface area contributed by atoms with Gasteiger partial charge in [-0.2, -0.15) is 0 Å². The monoisotopic (exact) mass is 449 g/mol. The van der Waals surface area contributed by atoms with Crippen LogP contribution in [0.5, 0.6) is 0 Å². The van der Waals surface area contributed by atoms with Crippen LogP contribution in [0.2, 0.25) is 0 Å². The summed E-state index contributed by atoms with van der Waals surface area (Å²) in [5.41, 5.74) is 2.51. The first-order chi connectivity index (χ1) is 14.8. The summed E-state index contributed by atoms with van der Waals surface area (Å²) in [6, 6.07) is 13.7. The van der Waals surface area contributed by atoms with Crippen molar-refractivity contribution in [2.45, 2.75) is 33.3 Å².